The highest BCUT2D eigenvalue weighted by atomic mass is 35.5. The summed E-state index contributed by atoms with van der Waals surface area (Å²) in [6.07, 6.45) is 0. The third-order valence-corrected chi connectivity index (χ3v) is 7.26. The Labute approximate surface area is 202 Å². The van der Waals surface area contributed by atoms with E-state index in [-0.39, 0.29) is 18.0 Å². The number of hydrogen-bond acceptors (Lipinski definition) is 4. The van der Waals surface area contributed by atoms with Crippen LogP contribution < -0.4 is 15.1 Å². The van der Waals surface area contributed by atoms with E-state index < -0.39 is 34.2 Å². The Kier molecular flexibility index (Phi) is 5.53. The molecule has 2 heterocycles. The molecule has 3 aromatic rings. The van der Waals surface area contributed by atoms with Crippen LogP contribution in [0.25, 0.3) is 0 Å². The number of carbonyl (C=O) groups excluding carboxylic acids is 3. The molecule has 0 aromatic heterocycles. The molecule has 34 heavy (non-hydrogen) atoms. The third kappa shape index (κ3) is 3.52. The van der Waals surface area contributed by atoms with E-state index in [0.717, 1.165) is 23.9 Å². The highest BCUT2D eigenvalue weighted by Crippen LogP contribution is 2.55. The minimum Gasteiger partial charge on any atom is -0.324 e. The lowest BCUT2D eigenvalue weighted by molar-refractivity contribution is -0.124. The summed E-state index contributed by atoms with van der Waals surface area (Å²) in [6.45, 7) is -0.315. The number of hydrogen-bond donors (Lipinski definition) is 1. The van der Waals surface area contributed by atoms with Gasteiger partial charge in [0.05, 0.1) is 11.4 Å². The molecular weight excluding hydrogens is 484 g/mol. The summed E-state index contributed by atoms with van der Waals surface area (Å²) in [6, 6.07) is 16.5. The number of amides is 3. The highest BCUT2D eigenvalue weighted by molar-refractivity contribution is 8.02. The molecule has 6 nitrogen and oxygen atoms in total. The molecule has 1 spiro atoms. The lowest BCUT2D eigenvalue weighted by Crippen LogP contribution is -2.51. The molecule has 1 saturated heterocycles. The van der Waals surface area contributed by atoms with Crippen molar-refractivity contribution < 1.29 is 23.2 Å². The van der Waals surface area contributed by atoms with Gasteiger partial charge in [-0.2, -0.15) is 0 Å². The number of benzene rings is 3. The van der Waals surface area contributed by atoms with E-state index in [9.17, 15) is 23.2 Å². The molecule has 0 saturated carbocycles. The lowest BCUT2D eigenvalue weighted by atomic mass is 10.0. The average Bonchev–Trinajstić information content (AvgIpc) is 3.27. The molecule has 1 N–H and O–H groups in total. The number of halogens is 3. The van der Waals surface area contributed by atoms with Crippen LogP contribution in [0.2, 0.25) is 5.02 Å². The number of thioether (sulfide) groups is 1. The fourth-order valence-corrected chi connectivity index (χ4v) is 5.80. The molecule has 3 amide bonds. The molecule has 0 radical (unpaired) electrons. The monoisotopic (exact) mass is 499 g/mol. The molecular formula is C24H16ClF2N3O3S. The smallest absolute Gasteiger partial charge is 0.269 e. The zero-order chi connectivity index (χ0) is 24.0. The van der Waals surface area contributed by atoms with Gasteiger partial charge >= 0.3 is 0 Å². The minimum absolute atomic E-state index is 0.0401. The van der Waals surface area contributed by atoms with Gasteiger partial charge in [0, 0.05) is 28.0 Å². The summed E-state index contributed by atoms with van der Waals surface area (Å²) < 4.78 is 27.6. The van der Waals surface area contributed by atoms with Crippen molar-refractivity contribution in [1.29, 1.82) is 0 Å². The molecule has 10 heteroatoms. The fraction of sp³-hybridized carbons (Fsp3) is 0.125. The molecule has 3 aromatic carbocycles. The van der Waals surface area contributed by atoms with Crippen molar-refractivity contribution in [1.82, 2.24) is 0 Å². The van der Waals surface area contributed by atoms with E-state index >= 15 is 0 Å². The molecule has 0 bridgehead atoms. The van der Waals surface area contributed by atoms with Crippen LogP contribution in [-0.2, 0) is 19.3 Å². The molecule has 1 atom stereocenters. The second-order valence-corrected chi connectivity index (χ2v) is 9.33. The first kappa shape index (κ1) is 22.4. The number of fused-ring (bicyclic) bond motifs is 2. The zero-order valence-electron chi connectivity index (χ0n) is 17.4. The Morgan fingerprint density at radius 1 is 1.03 bits per heavy atom. The standard InChI is InChI=1S/C24H16ClF2N3O3S/c25-14-4-3-5-15(10-14)28-21(31)12-29-20-7-2-1-6-17(20)24(23(29)33)30(22(32)13-34-24)16-8-9-18(26)19(27)11-16/h1-11H,12-13H2,(H,28,31)/t24-/m1/s1. The van der Waals surface area contributed by atoms with E-state index in [0.29, 0.717) is 22.0 Å². The number of nitrogens with one attached hydrogen (secondary N) is 1. The Balaban J connectivity index is 1.53. The molecule has 0 unspecified atom stereocenters. The zero-order valence-corrected chi connectivity index (χ0v) is 19.0. The van der Waals surface area contributed by atoms with Crippen LogP contribution in [0.4, 0.5) is 25.8 Å². The van der Waals surface area contributed by atoms with Gasteiger partial charge in [0.25, 0.3) is 5.91 Å². The number of nitrogens with zero attached hydrogens (tertiary/aromatic N) is 2. The van der Waals surface area contributed by atoms with Crippen LogP contribution in [-0.4, -0.2) is 30.0 Å². The molecule has 1 fully saturated rings. The normalized spacial score (nSPS) is 19.1. The first-order chi connectivity index (χ1) is 16.3. The molecule has 2 aliphatic rings. The van der Waals surface area contributed by atoms with Crippen molar-refractivity contribution in [2.75, 3.05) is 27.4 Å². The van der Waals surface area contributed by atoms with Crippen molar-refractivity contribution in [3.05, 3.63) is 89.0 Å². The largest absolute Gasteiger partial charge is 0.324 e. The summed E-state index contributed by atoms with van der Waals surface area (Å²) in [4.78, 5) is 40.5. The first-order valence-electron chi connectivity index (χ1n) is 10.2. The summed E-state index contributed by atoms with van der Waals surface area (Å²) in [5.41, 5.74) is 1.49. The van der Waals surface area contributed by atoms with E-state index in [4.69, 9.17) is 11.6 Å². The van der Waals surface area contributed by atoms with Gasteiger partial charge < -0.3 is 5.32 Å². The topological polar surface area (TPSA) is 69.7 Å². The Morgan fingerprint density at radius 3 is 2.59 bits per heavy atom. The number of para-hydroxylation sites is 1. The fourth-order valence-electron chi connectivity index (χ4n) is 4.25. The number of carbonyl (C=O) groups is 3. The van der Waals surface area contributed by atoms with E-state index in [1.165, 1.54) is 15.9 Å². The molecule has 172 valence electrons. The van der Waals surface area contributed by atoms with E-state index in [2.05, 4.69) is 5.32 Å². The van der Waals surface area contributed by atoms with Gasteiger partial charge in [-0.25, -0.2) is 8.78 Å². The number of rotatable bonds is 4. The van der Waals surface area contributed by atoms with Gasteiger partial charge in [0.2, 0.25) is 16.7 Å². The van der Waals surface area contributed by atoms with Gasteiger partial charge in [-0.3, -0.25) is 24.2 Å². The van der Waals surface area contributed by atoms with Crippen LogP contribution in [0.5, 0.6) is 0 Å². The van der Waals surface area contributed by atoms with Gasteiger partial charge in [-0.1, -0.05) is 35.9 Å². The highest BCUT2D eigenvalue weighted by Gasteiger charge is 2.61. The minimum atomic E-state index is -1.53. The molecule has 5 rings (SSSR count). The maximum Gasteiger partial charge on any atom is 0.269 e. The SMILES string of the molecule is O=C(CN1C(=O)[C@]2(SCC(=O)N2c2ccc(F)c(F)c2)c2ccccc21)Nc1cccc(Cl)c1. The van der Waals surface area contributed by atoms with Crippen LogP contribution in [0.1, 0.15) is 5.56 Å². The summed E-state index contributed by atoms with van der Waals surface area (Å²) >= 11 is 7.05. The van der Waals surface area contributed by atoms with Gasteiger partial charge in [0.1, 0.15) is 6.54 Å². The Hall–Kier alpha value is -3.43. The van der Waals surface area contributed by atoms with Crippen LogP contribution in [0, 0.1) is 11.6 Å². The van der Waals surface area contributed by atoms with Crippen LogP contribution in [0.15, 0.2) is 66.7 Å². The maximum atomic E-state index is 14.0. The van der Waals surface area contributed by atoms with Crippen LogP contribution in [0.3, 0.4) is 0 Å². The first-order valence-corrected chi connectivity index (χ1v) is 11.6. The predicted octanol–water partition coefficient (Wildman–Crippen LogP) is 4.54. The van der Waals surface area contributed by atoms with Crippen molar-refractivity contribution in [3.8, 4) is 0 Å². The molecule has 0 aliphatic carbocycles. The van der Waals surface area contributed by atoms with Crippen LogP contribution >= 0.6 is 23.4 Å². The quantitative estimate of drug-likeness (QED) is 0.572. The Bertz CT molecular complexity index is 1350. The van der Waals surface area contributed by atoms with Gasteiger partial charge in [-0.15, -0.1) is 11.8 Å². The maximum absolute atomic E-state index is 14.0. The van der Waals surface area contributed by atoms with Crippen molar-refractivity contribution in [2.24, 2.45) is 0 Å². The predicted molar refractivity (Wildman–Crippen MR) is 127 cm³/mol. The van der Waals surface area contributed by atoms with Gasteiger partial charge in [-0.05, 0) is 36.4 Å². The van der Waals surface area contributed by atoms with Gasteiger partial charge in [0.15, 0.2) is 11.6 Å². The van der Waals surface area contributed by atoms with Crippen molar-refractivity contribution >= 4 is 58.1 Å². The van der Waals surface area contributed by atoms with E-state index in [1.54, 1.807) is 48.5 Å². The average molecular weight is 500 g/mol. The second-order valence-electron chi connectivity index (χ2n) is 7.73. The van der Waals surface area contributed by atoms with E-state index in [1.807, 2.05) is 0 Å². The van der Waals surface area contributed by atoms with Crippen molar-refractivity contribution in [2.45, 2.75) is 4.87 Å². The summed E-state index contributed by atoms with van der Waals surface area (Å²) in [5, 5.41) is 3.16. The summed E-state index contributed by atoms with van der Waals surface area (Å²) in [5.74, 6) is -3.64. The lowest BCUT2D eigenvalue weighted by Gasteiger charge is -2.33. The Morgan fingerprint density at radius 2 is 1.82 bits per heavy atom. The molecule has 2 aliphatic heterocycles. The van der Waals surface area contributed by atoms with Crippen molar-refractivity contribution in [3.63, 3.8) is 0 Å². The second kappa shape index (κ2) is 8.41. The third-order valence-electron chi connectivity index (χ3n) is 5.64. The number of anilines is 3. The summed E-state index contributed by atoms with van der Waals surface area (Å²) in [7, 11) is 0.